The van der Waals surface area contributed by atoms with Crippen LogP contribution in [0.1, 0.15) is 5.56 Å². The summed E-state index contributed by atoms with van der Waals surface area (Å²) < 4.78 is 0. The van der Waals surface area contributed by atoms with Gasteiger partial charge in [0.05, 0.1) is 17.5 Å². The van der Waals surface area contributed by atoms with Gasteiger partial charge in [0.1, 0.15) is 0 Å². The topological polar surface area (TPSA) is 77.8 Å². The van der Waals surface area contributed by atoms with Gasteiger partial charge in [0.15, 0.2) is 0 Å². The van der Waals surface area contributed by atoms with Crippen molar-refractivity contribution in [3.63, 3.8) is 0 Å². The predicted molar refractivity (Wildman–Crippen MR) is 95.2 cm³/mol. The van der Waals surface area contributed by atoms with E-state index in [0.29, 0.717) is 23.1 Å². The van der Waals surface area contributed by atoms with Gasteiger partial charge in [-0.15, -0.1) is 0 Å². The fourth-order valence-electron chi connectivity index (χ4n) is 2.85. The summed E-state index contributed by atoms with van der Waals surface area (Å²) in [5, 5.41) is 5.14. The Hall–Kier alpha value is -3.34. The van der Waals surface area contributed by atoms with E-state index in [4.69, 9.17) is 0 Å². The fourth-order valence-corrected chi connectivity index (χ4v) is 2.85. The number of fused-ring (bicyclic) bond motifs is 2. The number of imidazole rings is 1. The molecule has 3 aromatic carbocycles. The zero-order chi connectivity index (χ0) is 16.5. The molecule has 0 aliphatic rings. The van der Waals surface area contributed by atoms with Crippen LogP contribution in [0.25, 0.3) is 21.8 Å². The lowest BCUT2D eigenvalue weighted by molar-refractivity contribution is -0.115. The molecule has 1 aromatic heterocycles. The Bertz CT molecular complexity index is 1110. The first-order valence-corrected chi connectivity index (χ1v) is 7.67. The number of anilines is 1. The third kappa shape index (κ3) is 2.79. The number of benzene rings is 3. The number of aromatic amines is 2. The van der Waals surface area contributed by atoms with Crippen molar-refractivity contribution in [3.05, 3.63) is 76.7 Å². The third-order valence-electron chi connectivity index (χ3n) is 3.98. The Morgan fingerprint density at radius 2 is 1.67 bits per heavy atom. The van der Waals surface area contributed by atoms with Crippen molar-refractivity contribution in [3.8, 4) is 0 Å². The van der Waals surface area contributed by atoms with E-state index in [-0.39, 0.29) is 11.6 Å². The molecule has 0 bridgehead atoms. The number of hydrogen-bond acceptors (Lipinski definition) is 2. The average Bonchev–Trinajstić information content (AvgIpc) is 2.94. The molecule has 4 aromatic rings. The summed E-state index contributed by atoms with van der Waals surface area (Å²) in [5.74, 6) is -0.0949. The highest BCUT2D eigenvalue weighted by Crippen LogP contribution is 2.17. The van der Waals surface area contributed by atoms with Crippen molar-refractivity contribution in [1.82, 2.24) is 9.97 Å². The highest BCUT2D eigenvalue weighted by atomic mass is 16.1. The molecule has 1 heterocycles. The second-order valence-corrected chi connectivity index (χ2v) is 5.75. The van der Waals surface area contributed by atoms with Gasteiger partial charge < -0.3 is 15.3 Å². The predicted octanol–water partition coefficient (Wildman–Crippen LogP) is 3.19. The van der Waals surface area contributed by atoms with Crippen LogP contribution < -0.4 is 11.0 Å². The summed E-state index contributed by atoms with van der Waals surface area (Å²) in [5.41, 5.74) is 2.74. The van der Waals surface area contributed by atoms with Gasteiger partial charge in [-0.25, -0.2) is 4.79 Å². The number of H-pyrrole nitrogens is 2. The molecule has 5 heteroatoms. The maximum Gasteiger partial charge on any atom is 0.323 e. The van der Waals surface area contributed by atoms with Gasteiger partial charge in [-0.2, -0.15) is 0 Å². The molecule has 4 rings (SSSR count). The second kappa shape index (κ2) is 5.70. The Kier molecular flexibility index (Phi) is 3.39. The normalized spacial score (nSPS) is 11.0. The Morgan fingerprint density at radius 1 is 0.875 bits per heavy atom. The molecule has 0 saturated carbocycles. The molecule has 3 N–H and O–H groups in total. The van der Waals surface area contributed by atoms with Crippen LogP contribution in [0.15, 0.2) is 65.5 Å². The summed E-state index contributed by atoms with van der Waals surface area (Å²) in [4.78, 5) is 28.9. The van der Waals surface area contributed by atoms with Gasteiger partial charge in [-0.05, 0) is 34.5 Å². The lowest BCUT2D eigenvalue weighted by Gasteiger charge is -2.06. The number of hydrogen-bond donors (Lipinski definition) is 3. The van der Waals surface area contributed by atoms with Crippen molar-refractivity contribution < 1.29 is 4.79 Å². The van der Waals surface area contributed by atoms with E-state index in [1.165, 1.54) is 0 Å². The SMILES string of the molecule is O=C(Cc1ccc2ccccc2c1)Nc1ccc2[nH]c(=O)[nH]c2c1. The van der Waals surface area contributed by atoms with E-state index in [0.717, 1.165) is 16.3 Å². The minimum Gasteiger partial charge on any atom is -0.326 e. The highest BCUT2D eigenvalue weighted by Gasteiger charge is 2.06. The largest absolute Gasteiger partial charge is 0.326 e. The molecule has 0 atom stereocenters. The average molecular weight is 317 g/mol. The monoisotopic (exact) mass is 317 g/mol. The van der Waals surface area contributed by atoms with Gasteiger partial charge in [0.2, 0.25) is 5.91 Å². The summed E-state index contributed by atoms with van der Waals surface area (Å²) in [6, 6.07) is 19.4. The van der Waals surface area contributed by atoms with Crippen LogP contribution in [0.2, 0.25) is 0 Å². The number of rotatable bonds is 3. The summed E-state index contributed by atoms with van der Waals surface area (Å²) in [6.45, 7) is 0. The summed E-state index contributed by atoms with van der Waals surface area (Å²) in [7, 11) is 0. The van der Waals surface area contributed by atoms with Crippen molar-refractivity contribution in [2.24, 2.45) is 0 Å². The van der Waals surface area contributed by atoms with E-state index in [1.807, 2.05) is 42.5 Å². The number of aromatic nitrogens is 2. The van der Waals surface area contributed by atoms with Gasteiger partial charge in [0.25, 0.3) is 0 Å². The maximum absolute atomic E-state index is 12.3. The minimum atomic E-state index is -0.260. The Labute approximate surface area is 137 Å². The second-order valence-electron chi connectivity index (χ2n) is 5.75. The fraction of sp³-hybridized carbons (Fsp3) is 0.0526. The molecule has 0 unspecified atom stereocenters. The first-order valence-electron chi connectivity index (χ1n) is 7.67. The molecule has 0 spiro atoms. The third-order valence-corrected chi connectivity index (χ3v) is 3.98. The Balaban J connectivity index is 1.52. The van der Waals surface area contributed by atoms with Crippen molar-refractivity contribution >= 4 is 33.4 Å². The molecular weight excluding hydrogens is 302 g/mol. The highest BCUT2D eigenvalue weighted by molar-refractivity contribution is 5.95. The zero-order valence-corrected chi connectivity index (χ0v) is 12.8. The number of nitrogens with one attached hydrogen (secondary N) is 3. The van der Waals surface area contributed by atoms with Crippen LogP contribution in [-0.4, -0.2) is 15.9 Å². The molecule has 1 amide bonds. The van der Waals surface area contributed by atoms with Gasteiger partial charge >= 0.3 is 5.69 Å². The number of amides is 1. The van der Waals surface area contributed by atoms with E-state index >= 15 is 0 Å². The first-order chi connectivity index (χ1) is 11.7. The molecule has 118 valence electrons. The van der Waals surface area contributed by atoms with Crippen molar-refractivity contribution in [2.45, 2.75) is 6.42 Å². The van der Waals surface area contributed by atoms with Crippen LogP contribution in [-0.2, 0) is 11.2 Å². The maximum atomic E-state index is 12.3. The van der Waals surface area contributed by atoms with Crippen LogP contribution in [0, 0.1) is 0 Å². The zero-order valence-electron chi connectivity index (χ0n) is 12.8. The molecule has 0 aliphatic heterocycles. The minimum absolute atomic E-state index is 0.0949. The lowest BCUT2D eigenvalue weighted by atomic mass is 10.0. The van der Waals surface area contributed by atoms with Gasteiger partial charge in [0, 0.05) is 5.69 Å². The Morgan fingerprint density at radius 3 is 2.54 bits per heavy atom. The van der Waals surface area contributed by atoms with Crippen LogP contribution >= 0.6 is 0 Å². The molecule has 0 fully saturated rings. The summed E-state index contributed by atoms with van der Waals surface area (Å²) >= 11 is 0. The molecule has 24 heavy (non-hydrogen) atoms. The summed E-state index contributed by atoms with van der Waals surface area (Å²) in [6.07, 6.45) is 0.298. The van der Waals surface area contributed by atoms with E-state index in [1.54, 1.807) is 18.2 Å². The van der Waals surface area contributed by atoms with Crippen LogP contribution in [0.5, 0.6) is 0 Å². The van der Waals surface area contributed by atoms with Gasteiger partial charge in [-0.1, -0.05) is 42.5 Å². The van der Waals surface area contributed by atoms with Crippen molar-refractivity contribution in [2.75, 3.05) is 5.32 Å². The standard InChI is InChI=1S/C19H15N3O2/c23-18(10-12-5-6-13-3-1-2-4-14(13)9-12)20-15-7-8-16-17(11-15)22-19(24)21-16/h1-9,11H,10H2,(H,20,23)(H2,21,22,24). The lowest BCUT2D eigenvalue weighted by Crippen LogP contribution is -2.14. The van der Waals surface area contributed by atoms with E-state index in [9.17, 15) is 9.59 Å². The number of carbonyl (C=O) groups excluding carboxylic acids is 1. The first kappa shape index (κ1) is 14.3. The number of carbonyl (C=O) groups is 1. The smallest absolute Gasteiger partial charge is 0.323 e. The molecule has 0 saturated heterocycles. The van der Waals surface area contributed by atoms with Gasteiger partial charge in [-0.3, -0.25) is 4.79 Å². The molecule has 0 aliphatic carbocycles. The van der Waals surface area contributed by atoms with Crippen LogP contribution in [0.4, 0.5) is 5.69 Å². The van der Waals surface area contributed by atoms with Crippen molar-refractivity contribution in [1.29, 1.82) is 0 Å². The van der Waals surface area contributed by atoms with E-state index in [2.05, 4.69) is 15.3 Å². The van der Waals surface area contributed by atoms with Crippen LogP contribution in [0.3, 0.4) is 0 Å². The van der Waals surface area contributed by atoms with E-state index < -0.39 is 0 Å². The molecule has 0 radical (unpaired) electrons. The molecular formula is C19H15N3O2. The quantitative estimate of drug-likeness (QED) is 0.542. The molecule has 5 nitrogen and oxygen atoms in total.